The maximum atomic E-state index is 9.59. The summed E-state index contributed by atoms with van der Waals surface area (Å²) in [5.74, 6) is 0.399. The fourth-order valence-corrected chi connectivity index (χ4v) is 2.15. The number of thiophene rings is 1. The van der Waals surface area contributed by atoms with Crippen LogP contribution in [0.5, 0.6) is 0 Å². The van der Waals surface area contributed by atoms with Crippen LogP contribution >= 0.6 is 11.3 Å². The van der Waals surface area contributed by atoms with Crippen LogP contribution in [0.15, 0.2) is 16.8 Å². The van der Waals surface area contributed by atoms with E-state index in [0.717, 1.165) is 19.3 Å². The van der Waals surface area contributed by atoms with Gasteiger partial charge in [-0.1, -0.05) is 20.3 Å². The van der Waals surface area contributed by atoms with Crippen molar-refractivity contribution in [2.45, 2.75) is 45.6 Å². The van der Waals surface area contributed by atoms with Gasteiger partial charge in [-0.2, -0.15) is 11.3 Å². The minimum Gasteiger partial charge on any atom is -0.393 e. The summed E-state index contributed by atoms with van der Waals surface area (Å²) in [6, 6.07) is 2.18. The van der Waals surface area contributed by atoms with E-state index >= 15 is 0 Å². The van der Waals surface area contributed by atoms with Crippen molar-refractivity contribution in [1.82, 2.24) is 0 Å². The highest BCUT2D eigenvalue weighted by molar-refractivity contribution is 7.07. The molecule has 0 saturated carbocycles. The van der Waals surface area contributed by atoms with Crippen LogP contribution in [0.25, 0.3) is 0 Å². The molecule has 1 unspecified atom stereocenters. The Balaban J connectivity index is 2.05. The Hall–Kier alpha value is -0.340. The number of aliphatic hydroxyl groups is 1. The molecule has 14 heavy (non-hydrogen) atoms. The zero-order valence-corrected chi connectivity index (χ0v) is 9.89. The van der Waals surface area contributed by atoms with Crippen molar-refractivity contribution >= 4 is 11.3 Å². The monoisotopic (exact) mass is 212 g/mol. The number of hydrogen-bond acceptors (Lipinski definition) is 2. The van der Waals surface area contributed by atoms with Crippen molar-refractivity contribution < 1.29 is 5.11 Å². The van der Waals surface area contributed by atoms with Crippen molar-refractivity contribution in [1.29, 1.82) is 0 Å². The lowest BCUT2D eigenvalue weighted by Crippen LogP contribution is -2.14. The number of aryl methyl sites for hydroxylation is 1. The Morgan fingerprint density at radius 3 is 2.71 bits per heavy atom. The maximum absolute atomic E-state index is 9.59. The van der Waals surface area contributed by atoms with Crippen LogP contribution in [-0.4, -0.2) is 11.2 Å². The van der Waals surface area contributed by atoms with Gasteiger partial charge in [0.2, 0.25) is 0 Å². The molecule has 0 aliphatic heterocycles. The second-order valence-corrected chi connectivity index (χ2v) is 4.97. The van der Waals surface area contributed by atoms with Gasteiger partial charge in [-0.3, -0.25) is 0 Å². The lowest BCUT2D eigenvalue weighted by molar-refractivity contribution is 0.113. The molecule has 0 bridgehead atoms. The molecule has 1 N–H and O–H groups in total. The number of hydrogen-bond donors (Lipinski definition) is 1. The molecule has 1 rings (SSSR count). The van der Waals surface area contributed by atoms with Crippen molar-refractivity contribution in [3.05, 3.63) is 22.4 Å². The average Bonchev–Trinajstić information content (AvgIpc) is 2.64. The van der Waals surface area contributed by atoms with E-state index in [1.165, 1.54) is 12.0 Å². The maximum Gasteiger partial charge on any atom is 0.0563 e. The molecule has 1 nitrogen and oxygen atoms in total. The molecular formula is C12H20OS. The molecular weight excluding hydrogens is 192 g/mol. The Morgan fingerprint density at radius 1 is 1.36 bits per heavy atom. The van der Waals surface area contributed by atoms with Gasteiger partial charge in [-0.05, 0) is 47.6 Å². The minimum absolute atomic E-state index is 0.113. The van der Waals surface area contributed by atoms with Gasteiger partial charge in [-0.15, -0.1) is 0 Å². The predicted molar refractivity (Wildman–Crippen MR) is 62.7 cm³/mol. The molecule has 1 aromatic heterocycles. The Morgan fingerprint density at radius 2 is 2.14 bits per heavy atom. The van der Waals surface area contributed by atoms with Crippen LogP contribution in [0.4, 0.5) is 0 Å². The summed E-state index contributed by atoms with van der Waals surface area (Å²) in [5.41, 5.74) is 1.44. The Labute approximate surface area is 90.8 Å². The second kappa shape index (κ2) is 6.20. The third-order valence-electron chi connectivity index (χ3n) is 2.56. The quantitative estimate of drug-likeness (QED) is 0.716. The molecule has 1 aromatic rings. The van der Waals surface area contributed by atoms with E-state index in [1.54, 1.807) is 11.3 Å². The van der Waals surface area contributed by atoms with E-state index in [1.807, 2.05) is 0 Å². The zero-order valence-electron chi connectivity index (χ0n) is 9.07. The van der Waals surface area contributed by atoms with Gasteiger partial charge in [0.15, 0.2) is 0 Å². The summed E-state index contributed by atoms with van der Waals surface area (Å²) in [6.45, 7) is 4.15. The molecule has 0 aromatic carbocycles. The SMILES string of the molecule is CC(C)C(O)CCCCc1ccsc1. The Bertz CT molecular complexity index is 228. The van der Waals surface area contributed by atoms with E-state index in [2.05, 4.69) is 30.7 Å². The highest BCUT2D eigenvalue weighted by Crippen LogP contribution is 2.13. The molecule has 0 saturated heterocycles. The molecule has 0 aliphatic carbocycles. The third-order valence-corrected chi connectivity index (χ3v) is 3.30. The average molecular weight is 212 g/mol. The molecule has 80 valence electrons. The van der Waals surface area contributed by atoms with Gasteiger partial charge in [0.05, 0.1) is 6.10 Å². The van der Waals surface area contributed by atoms with E-state index in [9.17, 15) is 5.11 Å². The molecule has 1 heterocycles. The van der Waals surface area contributed by atoms with Crippen LogP contribution in [0.2, 0.25) is 0 Å². The Kier molecular flexibility index (Phi) is 5.20. The first-order chi connectivity index (χ1) is 6.70. The summed E-state index contributed by atoms with van der Waals surface area (Å²) in [5, 5.41) is 13.9. The smallest absolute Gasteiger partial charge is 0.0563 e. The van der Waals surface area contributed by atoms with Gasteiger partial charge >= 0.3 is 0 Å². The van der Waals surface area contributed by atoms with Crippen LogP contribution in [0.3, 0.4) is 0 Å². The minimum atomic E-state index is -0.113. The second-order valence-electron chi connectivity index (χ2n) is 4.19. The van der Waals surface area contributed by atoms with Crippen molar-refractivity contribution in [2.75, 3.05) is 0 Å². The van der Waals surface area contributed by atoms with Crippen LogP contribution in [-0.2, 0) is 6.42 Å². The van der Waals surface area contributed by atoms with Gasteiger partial charge in [0, 0.05) is 0 Å². The number of aliphatic hydroxyl groups excluding tert-OH is 1. The van der Waals surface area contributed by atoms with Gasteiger partial charge in [-0.25, -0.2) is 0 Å². The molecule has 0 fully saturated rings. The summed E-state index contributed by atoms with van der Waals surface area (Å²) >= 11 is 1.76. The normalized spacial score (nSPS) is 13.4. The first-order valence-electron chi connectivity index (χ1n) is 5.39. The van der Waals surface area contributed by atoms with Crippen molar-refractivity contribution in [3.8, 4) is 0 Å². The van der Waals surface area contributed by atoms with Gasteiger partial charge in [0.1, 0.15) is 0 Å². The largest absolute Gasteiger partial charge is 0.393 e. The summed E-state index contributed by atoms with van der Waals surface area (Å²) < 4.78 is 0. The van der Waals surface area contributed by atoms with Crippen LogP contribution < -0.4 is 0 Å². The summed E-state index contributed by atoms with van der Waals surface area (Å²) in [7, 11) is 0. The predicted octanol–water partition coefficient (Wildman–Crippen LogP) is 3.48. The van der Waals surface area contributed by atoms with Gasteiger partial charge < -0.3 is 5.11 Å². The molecule has 1 atom stereocenters. The topological polar surface area (TPSA) is 20.2 Å². The first kappa shape index (κ1) is 11.7. The number of rotatable bonds is 6. The van der Waals surface area contributed by atoms with E-state index in [4.69, 9.17) is 0 Å². The van der Waals surface area contributed by atoms with E-state index in [-0.39, 0.29) is 6.10 Å². The molecule has 0 aliphatic rings. The van der Waals surface area contributed by atoms with E-state index in [0.29, 0.717) is 5.92 Å². The highest BCUT2D eigenvalue weighted by Gasteiger charge is 2.07. The molecule has 0 radical (unpaired) electrons. The van der Waals surface area contributed by atoms with Gasteiger partial charge in [0.25, 0.3) is 0 Å². The number of unbranched alkanes of at least 4 members (excludes halogenated alkanes) is 1. The van der Waals surface area contributed by atoms with Crippen LogP contribution in [0, 0.1) is 5.92 Å². The van der Waals surface area contributed by atoms with Crippen LogP contribution in [0.1, 0.15) is 38.7 Å². The zero-order chi connectivity index (χ0) is 10.4. The summed E-state index contributed by atoms with van der Waals surface area (Å²) in [4.78, 5) is 0. The lowest BCUT2D eigenvalue weighted by atomic mass is 10.0. The van der Waals surface area contributed by atoms with Crippen molar-refractivity contribution in [3.63, 3.8) is 0 Å². The highest BCUT2D eigenvalue weighted by atomic mass is 32.1. The molecule has 0 spiro atoms. The third kappa shape index (κ3) is 4.25. The fraction of sp³-hybridized carbons (Fsp3) is 0.667. The fourth-order valence-electron chi connectivity index (χ4n) is 1.45. The molecule has 0 amide bonds. The molecule has 2 heteroatoms. The van der Waals surface area contributed by atoms with Crippen molar-refractivity contribution in [2.24, 2.45) is 5.92 Å². The standard InChI is InChI=1S/C12H20OS/c1-10(2)12(13)6-4-3-5-11-7-8-14-9-11/h7-10,12-13H,3-6H2,1-2H3. The first-order valence-corrected chi connectivity index (χ1v) is 6.33. The summed E-state index contributed by atoms with van der Waals surface area (Å²) in [6.07, 6.45) is 4.32. The lowest BCUT2D eigenvalue weighted by Gasteiger charge is -2.13. The van der Waals surface area contributed by atoms with E-state index < -0.39 is 0 Å².